The Hall–Kier alpha value is -1.32. The Balaban J connectivity index is 2.21. The third-order valence-electron chi connectivity index (χ3n) is 6.40. The quantitative estimate of drug-likeness (QED) is 0.144. The fourth-order valence-electron chi connectivity index (χ4n) is 4.04. The Labute approximate surface area is 185 Å². The molecule has 0 bridgehead atoms. The maximum absolute atomic E-state index is 12.6. The molecular formula is C26H46O4. The van der Waals surface area contributed by atoms with Gasteiger partial charge in [-0.2, -0.15) is 0 Å². The molecule has 0 aromatic rings. The molecule has 4 nitrogen and oxygen atoms in total. The molecule has 0 saturated carbocycles. The zero-order valence-corrected chi connectivity index (χ0v) is 19.8. The van der Waals surface area contributed by atoms with Crippen LogP contribution in [-0.4, -0.2) is 25.2 Å². The summed E-state index contributed by atoms with van der Waals surface area (Å²) in [4.78, 5) is 25.1. The first kappa shape index (κ1) is 26.7. The highest BCUT2D eigenvalue weighted by atomic mass is 16.5. The Morgan fingerprint density at radius 3 is 1.70 bits per heavy atom. The molecule has 4 heteroatoms. The number of hydrogen-bond acceptors (Lipinski definition) is 4. The molecule has 0 heterocycles. The van der Waals surface area contributed by atoms with E-state index in [2.05, 4.69) is 20.8 Å². The van der Waals surface area contributed by atoms with Gasteiger partial charge in [-0.1, -0.05) is 104 Å². The third kappa shape index (κ3) is 11.2. The van der Waals surface area contributed by atoms with E-state index >= 15 is 0 Å². The van der Waals surface area contributed by atoms with Crippen molar-refractivity contribution in [3.8, 4) is 0 Å². The molecule has 1 rings (SSSR count). The molecule has 2 unspecified atom stereocenters. The van der Waals surface area contributed by atoms with Gasteiger partial charge in [0.1, 0.15) is 0 Å². The van der Waals surface area contributed by atoms with Gasteiger partial charge >= 0.3 is 11.9 Å². The van der Waals surface area contributed by atoms with E-state index in [4.69, 9.17) is 9.47 Å². The van der Waals surface area contributed by atoms with E-state index in [0.29, 0.717) is 32.0 Å². The summed E-state index contributed by atoms with van der Waals surface area (Å²) in [6, 6.07) is 0. The molecule has 0 saturated heterocycles. The van der Waals surface area contributed by atoms with Crippen molar-refractivity contribution < 1.29 is 19.1 Å². The minimum absolute atomic E-state index is 0.236. The normalized spacial score (nSPS) is 18.5. The van der Waals surface area contributed by atoms with E-state index in [0.717, 1.165) is 25.7 Å². The largest absolute Gasteiger partial charge is 0.465 e. The Bertz CT molecular complexity index is 481. The lowest BCUT2D eigenvalue weighted by atomic mass is 9.83. The number of carbonyl (C=O) groups excluding carboxylic acids is 2. The SMILES string of the molecule is CCCCCCCCCCCCOC(=O)C1CC=CCC1C(=O)OCC(CC)CC. The highest BCUT2D eigenvalue weighted by molar-refractivity contribution is 5.82. The van der Waals surface area contributed by atoms with Crippen LogP contribution < -0.4 is 0 Å². The molecule has 30 heavy (non-hydrogen) atoms. The summed E-state index contributed by atoms with van der Waals surface area (Å²) in [6.07, 6.45) is 19.7. The summed E-state index contributed by atoms with van der Waals surface area (Å²) in [5.74, 6) is -0.876. The molecule has 0 spiro atoms. The van der Waals surface area contributed by atoms with E-state index in [1.54, 1.807) is 0 Å². The van der Waals surface area contributed by atoms with Crippen LogP contribution in [0.2, 0.25) is 0 Å². The smallest absolute Gasteiger partial charge is 0.310 e. The lowest BCUT2D eigenvalue weighted by Gasteiger charge is -2.26. The number of unbranched alkanes of at least 4 members (excludes halogenated alkanes) is 9. The van der Waals surface area contributed by atoms with Gasteiger partial charge in [0.05, 0.1) is 25.0 Å². The minimum atomic E-state index is -0.399. The summed E-state index contributed by atoms with van der Waals surface area (Å²) in [5, 5.41) is 0. The van der Waals surface area contributed by atoms with Gasteiger partial charge in [-0.3, -0.25) is 9.59 Å². The molecule has 0 amide bonds. The van der Waals surface area contributed by atoms with Crippen molar-refractivity contribution in [1.29, 1.82) is 0 Å². The zero-order valence-electron chi connectivity index (χ0n) is 19.8. The van der Waals surface area contributed by atoms with Gasteiger partial charge in [-0.25, -0.2) is 0 Å². The van der Waals surface area contributed by atoms with Gasteiger partial charge in [0.2, 0.25) is 0 Å². The van der Waals surface area contributed by atoms with Gasteiger partial charge in [-0.05, 0) is 25.2 Å². The number of rotatable bonds is 17. The number of esters is 2. The maximum Gasteiger partial charge on any atom is 0.310 e. The lowest BCUT2D eigenvalue weighted by Crippen LogP contribution is -2.34. The minimum Gasteiger partial charge on any atom is -0.465 e. The van der Waals surface area contributed by atoms with Crippen molar-refractivity contribution in [3.63, 3.8) is 0 Å². The molecule has 2 atom stereocenters. The molecule has 0 aromatic carbocycles. The van der Waals surface area contributed by atoms with Crippen LogP contribution in [0.25, 0.3) is 0 Å². The van der Waals surface area contributed by atoms with Crippen LogP contribution >= 0.6 is 0 Å². The lowest BCUT2D eigenvalue weighted by molar-refractivity contribution is -0.161. The van der Waals surface area contributed by atoms with Crippen molar-refractivity contribution in [1.82, 2.24) is 0 Å². The Morgan fingerprint density at radius 1 is 0.733 bits per heavy atom. The molecule has 1 aliphatic rings. The molecule has 0 radical (unpaired) electrons. The summed E-state index contributed by atoms with van der Waals surface area (Å²) < 4.78 is 11.1. The first-order valence-electron chi connectivity index (χ1n) is 12.6. The van der Waals surface area contributed by atoms with E-state index in [-0.39, 0.29) is 11.9 Å². The molecule has 1 aliphatic carbocycles. The standard InChI is InChI=1S/C26H46O4/c1-4-7-8-9-10-11-12-13-14-17-20-29-25(27)23-18-15-16-19-24(23)26(28)30-21-22(5-2)6-3/h15-16,22-24H,4-14,17-21H2,1-3H3. The van der Waals surface area contributed by atoms with E-state index in [9.17, 15) is 9.59 Å². The molecule has 0 aliphatic heterocycles. The van der Waals surface area contributed by atoms with Gasteiger partial charge < -0.3 is 9.47 Å². The second-order valence-electron chi connectivity index (χ2n) is 8.82. The molecular weight excluding hydrogens is 376 g/mol. The van der Waals surface area contributed by atoms with Crippen LogP contribution in [0.5, 0.6) is 0 Å². The highest BCUT2D eigenvalue weighted by Crippen LogP contribution is 2.28. The van der Waals surface area contributed by atoms with Crippen LogP contribution in [0.15, 0.2) is 12.2 Å². The average Bonchev–Trinajstić information content (AvgIpc) is 2.77. The van der Waals surface area contributed by atoms with E-state index in [1.165, 1.54) is 51.4 Å². The number of hydrogen-bond donors (Lipinski definition) is 0. The van der Waals surface area contributed by atoms with Crippen molar-refractivity contribution in [2.24, 2.45) is 17.8 Å². The molecule has 174 valence electrons. The van der Waals surface area contributed by atoms with Crippen LogP contribution in [0, 0.1) is 17.8 Å². The van der Waals surface area contributed by atoms with Crippen molar-refractivity contribution >= 4 is 11.9 Å². The monoisotopic (exact) mass is 422 g/mol. The predicted molar refractivity (Wildman–Crippen MR) is 123 cm³/mol. The maximum atomic E-state index is 12.6. The van der Waals surface area contributed by atoms with Crippen molar-refractivity contribution in [2.45, 2.75) is 111 Å². The van der Waals surface area contributed by atoms with Crippen LogP contribution in [0.4, 0.5) is 0 Å². The zero-order chi connectivity index (χ0) is 22.0. The predicted octanol–water partition coefficient (Wildman–Crippen LogP) is 7.01. The second-order valence-corrected chi connectivity index (χ2v) is 8.82. The first-order chi connectivity index (χ1) is 14.6. The van der Waals surface area contributed by atoms with Gasteiger partial charge in [0, 0.05) is 0 Å². The first-order valence-corrected chi connectivity index (χ1v) is 12.6. The van der Waals surface area contributed by atoms with Crippen LogP contribution in [-0.2, 0) is 19.1 Å². The Kier molecular flexibility index (Phi) is 15.5. The number of carbonyl (C=O) groups is 2. The van der Waals surface area contributed by atoms with Crippen LogP contribution in [0.3, 0.4) is 0 Å². The number of allylic oxidation sites excluding steroid dienone is 2. The summed E-state index contributed by atoms with van der Waals surface area (Å²) in [5.41, 5.74) is 0. The topological polar surface area (TPSA) is 52.6 Å². The van der Waals surface area contributed by atoms with Crippen LogP contribution in [0.1, 0.15) is 111 Å². The molecule has 0 N–H and O–H groups in total. The van der Waals surface area contributed by atoms with Crippen molar-refractivity contribution in [3.05, 3.63) is 12.2 Å². The Morgan fingerprint density at radius 2 is 1.20 bits per heavy atom. The second kappa shape index (κ2) is 17.4. The number of ether oxygens (including phenoxy) is 2. The summed E-state index contributed by atoms with van der Waals surface area (Å²) in [6.45, 7) is 7.38. The summed E-state index contributed by atoms with van der Waals surface area (Å²) >= 11 is 0. The summed E-state index contributed by atoms with van der Waals surface area (Å²) in [7, 11) is 0. The van der Waals surface area contributed by atoms with E-state index in [1.807, 2.05) is 12.2 Å². The van der Waals surface area contributed by atoms with Gasteiger partial charge in [0.15, 0.2) is 0 Å². The molecule has 0 aromatic heterocycles. The molecule has 0 fully saturated rings. The van der Waals surface area contributed by atoms with Crippen molar-refractivity contribution in [2.75, 3.05) is 13.2 Å². The highest BCUT2D eigenvalue weighted by Gasteiger charge is 2.36. The average molecular weight is 423 g/mol. The van der Waals surface area contributed by atoms with E-state index < -0.39 is 11.8 Å². The fourth-order valence-corrected chi connectivity index (χ4v) is 4.04. The fraction of sp³-hybridized carbons (Fsp3) is 0.846. The van der Waals surface area contributed by atoms with Gasteiger partial charge in [-0.15, -0.1) is 0 Å². The van der Waals surface area contributed by atoms with Gasteiger partial charge in [0.25, 0.3) is 0 Å². The third-order valence-corrected chi connectivity index (χ3v) is 6.40.